The number of ether oxygens (including phenoxy) is 2. The maximum atomic E-state index is 13.4. The Kier molecular flexibility index (Phi) is 6.03. The van der Waals surface area contributed by atoms with Gasteiger partial charge in [-0.05, 0) is 29.8 Å². The predicted molar refractivity (Wildman–Crippen MR) is 129 cm³/mol. The largest absolute Gasteiger partial charge is 0.486 e. The van der Waals surface area contributed by atoms with Gasteiger partial charge in [0.1, 0.15) is 25.3 Å². The second kappa shape index (κ2) is 9.58. The van der Waals surface area contributed by atoms with Crippen molar-refractivity contribution in [2.75, 3.05) is 24.7 Å². The molecule has 2 heterocycles. The van der Waals surface area contributed by atoms with E-state index in [1.165, 1.54) is 0 Å². The molecule has 1 aromatic heterocycles. The van der Waals surface area contributed by atoms with Gasteiger partial charge in [-0.3, -0.25) is 9.59 Å². The topological polar surface area (TPSA) is 86.5 Å². The Morgan fingerprint density at radius 2 is 1.74 bits per heavy atom. The Hall–Kier alpha value is -4.46. The summed E-state index contributed by atoms with van der Waals surface area (Å²) < 4.78 is 12.4. The number of nitrogens with zero attached hydrogens (tertiary/aromatic N) is 4. The molecule has 1 amide bonds. The molecule has 170 valence electrons. The van der Waals surface area contributed by atoms with Crippen molar-refractivity contribution in [2.24, 2.45) is 0 Å². The molecule has 0 saturated carbocycles. The molecule has 0 fully saturated rings. The number of carbonyl (C=O) groups excluding carboxylic acids is 1. The summed E-state index contributed by atoms with van der Waals surface area (Å²) in [5.41, 5.74) is 1.79. The van der Waals surface area contributed by atoms with E-state index in [0.29, 0.717) is 47.8 Å². The summed E-state index contributed by atoms with van der Waals surface area (Å²) in [5.74, 6) is 0.913. The first kappa shape index (κ1) is 21.4. The smallest absolute Gasteiger partial charge is 0.278 e. The zero-order valence-electron chi connectivity index (χ0n) is 18.3. The fraction of sp³-hybridized carbons (Fsp3) is 0.154. The normalized spacial score (nSPS) is 12.7. The van der Waals surface area contributed by atoms with E-state index in [-0.39, 0.29) is 18.0 Å². The molecule has 0 atom stereocenters. The lowest BCUT2D eigenvalue weighted by atomic mass is 10.2. The van der Waals surface area contributed by atoms with Crippen molar-refractivity contribution in [3.05, 3.63) is 94.8 Å². The Morgan fingerprint density at radius 1 is 0.971 bits per heavy atom. The molecule has 4 aromatic rings. The highest BCUT2D eigenvalue weighted by molar-refractivity contribution is 5.94. The van der Waals surface area contributed by atoms with Crippen LogP contribution in [0.3, 0.4) is 0 Å². The van der Waals surface area contributed by atoms with Crippen LogP contribution in [0.5, 0.6) is 11.5 Å². The number of carbonyl (C=O) groups is 1. The van der Waals surface area contributed by atoms with Gasteiger partial charge in [0.15, 0.2) is 11.5 Å². The summed E-state index contributed by atoms with van der Waals surface area (Å²) in [5, 5.41) is 8.46. The van der Waals surface area contributed by atoms with Gasteiger partial charge in [-0.2, -0.15) is 0 Å². The van der Waals surface area contributed by atoms with Gasteiger partial charge >= 0.3 is 0 Å². The van der Waals surface area contributed by atoms with Gasteiger partial charge in [0, 0.05) is 18.3 Å². The summed E-state index contributed by atoms with van der Waals surface area (Å²) in [6.07, 6.45) is 3.85. The van der Waals surface area contributed by atoms with Crippen molar-refractivity contribution in [1.29, 1.82) is 0 Å². The lowest BCUT2D eigenvalue weighted by molar-refractivity contribution is -0.119. The van der Waals surface area contributed by atoms with Gasteiger partial charge in [-0.1, -0.05) is 59.8 Å². The number of hydrogen-bond acceptors (Lipinski definition) is 6. The molecule has 0 aliphatic carbocycles. The van der Waals surface area contributed by atoms with Crippen LogP contribution in [0, 0.1) is 0 Å². The Morgan fingerprint density at radius 3 is 2.59 bits per heavy atom. The molecule has 0 spiro atoms. The molecule has 34 heavy (non-hydrogen) atoms. The highest BCUT2D eigenvalue weighted by atomic mass is 16.6. The van der Waals surface area contributed by atoms with E-state index < -0.39 is 0 Å². The summed E-state index contributed by atoms with van der Waals surface area (Å²) >= 11 is 0. The quantitative estimate of drug-likeness (QED) is 0.444. The van der Waals surface area contributed by atoms with Crippen LogP contribution in [0.2, 0.25) is 0 Å². The molecule has 3 aromatic carbocycles. The fourth-order valence-corrected chi connectivity index (χ4v) is 3.75. The minimum Gasteiger partial charge on any atom is -0.486 e. The van der Waals surface area contributed by atoms with E-state index in [2.05, 4.69) is 10.3 Å². The Balaban J connectivity index is 1.45. The van der Waals surface area contributed by atoms with Crippen molar-refractivity contribution in [3.63, 3.8) is 0 Å². The maximum absolute atomic E-state index is 13.4. The van der Waals surface area contributed by atoms with E-state index in [0.717, 1.165) is 10.2 Å². The van der Waals surface area contributed by atoms with Crippen molar-refractivity contribution < 1.29 is 14.3 Å². The molecular formula is C26H22N4O4. The lowest BCUT2D eigenvalue weighted by Crippen LogP contribution is -2.38. The summed E-state index contributed by atoms with van der Waals surface area (Å²) in [6.45, 7) is 0.978. The SMILES string of the molecule is O=C(Cn1nnc2ccccc2c1=O)N(C/C=C/c1ccccc1)c1ccc2c(c1)OCCO2. The van der Waals surface area contributed by atoms with E-state index >= 15 is 0 Å². The summed E-state index contributed by atoms with van der Waals surface area (Å²) in [4.78, 5) is 27.8. The van der Waals surface area contributed by atoms with Gasteiger partial charge in [-0.25, -0.2) is 4.68 Å². The van der Waals surface area contributed by atoms with Crippen molar-refractivity contribution in [2.45, 2.75) is 6.54 Å². The van der Waals surface area contributed by atoms with E-state index in [9.17, 15) is 9.59 Å². The van der Waals surface area contributed by atoms with Gasteiger partial charge in [0.05, 0.1) is 5.39 Å². The van der Waals surface area contributed by atoms with Crippen LogP contribution in [0.25, 0.3) is 17.0 Å². The first-order valence-electron chi connectivity index (χ1n) is 10.9. The summed E-state index contributed by atoms with van der Waals surface area (Å²) in [7, 11) is 0. The lowest BCUT2D eigenvalue weighted by Gasteiger charge is -2.24. The molecule has 0 N–H and O–H groups in total. The minimum atomic E-state index is -0.360. The Bertz CT molecular complexity index is 1420. The van der Waals surface area contributed by atoms with Gasteiger partial charge < -0.3 is 14.4 Å². The first-order chi connectivity index (χ1) is 16.7. The standard InChI is InChI=1S/C26H22N4O4/c31-25(18-30-26(32)21-10-4-5-11-22(21)27-28-30)29(14-6-9-19-7-2-1-3-8-19)20-12-13-23-24(17-20)34-16-15-33-23/h1-13,17H,14-16,18H2/b9-6+. The molecule has 8 heteroatoms. The minimum absolute atomic E-state index is 0.246. The predicted octanol–water partition coefficient (Wildman–Crippen LogP) is 3.31. The first-order valence-corrected chi connectivity index (χ1v) is 10.9. The van der Waals surface area contributed by atoms with Crippen LogP contribution in [-0.4, -0.2) is 40.7 Å². The highest BCUT2D eigenvalue weighted by Crippen LogP contribution is 2.34. The third-order valence-corrected chi connectivity index (χ3v) is 5.45. The van der Waals surface area contributed by atoms with Crippen molar-refractivity contribution in [1.82, 2.24) is 15.0 Å². The number of hydrogen-bond donors (Lipinski definition) is 0. The number of anilines is 1. The van der Waals surface area contributed by atoms with E-state index in [4.69, 9.17) is 9.47 Å². The third kappa shape index (κ3) is 4.52. The van der Waals surface area contributed by atoms with Crippen molar-refractivity contribution >= 4 is 28.6 Å². The highest BCUT2D eigenvalue weighted by Gasteiger charge is 2.20. The van der Waals surface area contributed by atoms with Crippen LogP contribution in [0.1, 0.15) is 5.56 Å². The molecule has 1 aliphatic rings. The van der Waals surface area contributed by atoms with Crippen LogP contribution >= 0.6 is 0 Å². The molecule has 0 saturated heterocycles. The number of rotatable bonds is 6. The van der Waals surface area contributed by atoms with Gasteiger partial charge in [-0.15, -0.1) is 5.10 Å². The monoisotopic (exact) mass is 454 g/mol. The number of amides is 1. The zero-order valence-corrected chi connectivity index (χ0v) is 18.3. The van der Waals surface area contributed by atoms with Crippen LogP contribution < -0.4 is 19.9 Å². The summed E-state index contributed by atoms with van der Waals surface area (Å²) in [6, 6.07) is 22.1. The maximum Gasteiger partial charge on any atom is 0.278 e. The Labute approximate surface area is 195 Å². The number of fused-ring (bicyclic) bond motifs is 2. The van der Waals surface area contributed by atoms with Crippen LogP contribution in [0.4, 0.5) is 5.69 Å². The molecular weight excluding hydrogens is 432 g/mol. The van der Waals surface area contributed by atoms with Crippen LogP contribution in [0.15, 0.2) is 83.7 Å². The average Bonchev–Trinajstić information content (AvgIpc) is 2.89. The molecule has 0 bridgehead atoms. The molecule has 0 unspecified atom stereocenters. The number of benzene rings is 3. The zero-order chi connectivity index (χ0) is 23.3. The fourth-order valence-electron chi connectivity index (χ4n) is 3.75. The van der Waals surface area contributed by atoms with Crippen LogP contribution in [-0.2, 0) is 11.3 Å². The van der Waals surface area contributed by atoms with Gasteiger partial charge in [0.25, 0.3) is 5.56 Å². The molecule has 0 radical (unpaired) electrons. The number of aromatic nitrogens is 3. The molecule has 8 nitrogen and oxygen atoms in total. The third-order valence-electron chi connectivity index (χ3n) is 5.45. The van der Waals surface area contributed by atoms with Crippen molar-refractivity contribution in [3.8, 4) is 11.5 Å². The second-order valence-electron chi connectivity index (χ2n) is 7.71. The van der Waals surface area contributed by atoms with E-state index in [1.807, 2.05) is 42.5 Å². The second-order valence-corrected chi connectivity index (χ2v) is 7.71. The molecule has 5 rings (SSSR count). The van der Waals surface area contributed by atoms with E-state index in [1.54, 1.807) is 47.4 Å². The van der Waals surface area contributed by atoms with Gasteiger partial charge in [0.2, 0.25) is 5.91 Å². The molecule has 1 aliphatic heterocycles. The average molecular weight is 454 g/mol.